The van der Waals surface area contributed by atoms with Crippen LogP contribution in [-0.2, 0) is 5.60 Å². The minimum absolute atomic E-state index is 0.245. The van der Waals surface area contributed by atoms with E-state index in [0.29, 0.717) is 27.3 Å². The van der Waals surface area contributed by atoms with Gasteiger partial charge in [0.05, 0.1) is 22.0 Å². The van der Waals surface area contributed by atoms with Crippen LogP contribution in [0.1, 0.15) is 74.5 Å². The Morgan fingerprint density at radius 1 is 1.09 bits per heavy atom. The third-order valence-electron chi connectivity index (χ3n) is 6.75. The fourth-order valence-corrected chi connectivity index (χ4v) is 5.42. The number of nitrogens with one attached hydrogen (secondary N) is 1. The number of nitrogens with zero attached hydrogens (tertiary/aromatic N) is 3. The van der Waals surface area contributed by atoms with Crippen LogP contribution < -0.4 is 10.2 Å². The van der Waals surface area contributed by atoms with Gasteiger partial charge < -0.3 is 4.74 Å². The molecule has 0 spiro atoms. The van der Waals surface area contributed by atoms with Crippen molar-refractivity contribution in [1.82, 2.24) is 20.2 Å². The molecular weight excluding hydrogens is 483 g/mol. The van der Waals surface area contributed by atoms with Gasteiger partial charge in [0.15, 0.2) is 5.69 Å². The molecule has 3 heterocycles. The Balaban J connectivity index is 1.71. The number of benzene rings is 2. The lowest BCUT2D eigenvalue weighted by Gasteiger charge is -2.34. The third kappa shape index (κ3) is 4.44. The highest BCUT2D eigenvalue weighted by Gasteiger charge is 2.42. The molecule has 0 atom stereocenters. The van der Waals surface area contributed by atoms with Gasteiger partial charge in [0.25, 0.3) is 5.91 Å². The highest BCUT2D eigenvalue weighted by Crippen LogP contribution is 2.48. The third-order valence-corrected chi connectivity index (χ3v) is 7.29. The van der Waals surface area contributed by atoms with Crippen LogP contribution in [0.2, 0.25) is 10.0 Å². The number of rotatable bonds is 4. The predicted molar refractivity (Wildman–Crippen MR) is 140 cm³/mol. The molecule has 2 aromatic carbocycles. The highest BCUT2D eigenvalue weighted by molar-refractivity contribution is 6.35. The van der Waals surface area contributed by atoms with Crippen LogP contribution in [0.5, 0.6) is 5.75 Å². The first-order valence-electron chi connectivity index (χ1n) is 12.1. The van der Waals surface area contributed by atoms with Crippen LogP contribution in [-0.4, -0.2) is 33.8 Å². The van der Waals surface area contributed by atoms with Crippen molar-refractivity contribution in [3.63, 3.8) is 0 Å². The maximum atomic E-state index is 13.6. The zero-order valence-corrected chi connectivity index (χ0v) is 22.0. The Labute approximate surface area is 216 Å². The summed E-state index contributed by atoms with van der Waals surface area (Å²) in [5, 5.41) is 7.81. The first-order valence-corrected chi connectivity index (χ1v) is 12.9. The second-order valence-electron chi connectivity index (χ2n) is 10.1. The molecule has 0 radical (unpaired) electrons. The van der Waals surface area contributed by atoms with E-state index in [1.807, 2.05) is 31.0 Å². The molecule has 35 heavy (non-hydrogen) atoms. The summed E-state index contributed by atoms with van der Waals surface area (Å²) >= 11 is 12.8. The van der Waals surface area contributed by atoms with Crippen molar-refractivity contribution in [3.8, 4) is 22.7 Å². The van der Waals surface area contributed by atoms with Gasteiger partial charge in [-0.1, -0.05) is 49.5 Å². The van der Waals surface area contributed by atoms with E-state index in [4.69, 9.17) is 33.0 Å². The van der Waals surface area contributed by atoms with Gasteiger partial charge in [-0.2, -0.15) is 5.10 Å². The smallest absolute Gasteiger partial charge is 0.286 e. The van der Waals surface area contributed by atoms with Gasteiger partial charge in [0.1, 0.15) is 11.4 Å². The Morgan fingerprint density at radius 3 is 2.51 bits per heavy atom. The number of hydrogen-bond acceptors (Lipinski definition) is 4. The number of hydrazine groups is 1. The topological polar surface area (TPSA) is 59.4 Å². The normalized spacial score (nSPS) is 17.0. The van der Waals surface area contributed by atoms with Crippen molar-refractivity contribution in [2.75, 3.05) is 13.1 Å². The van der Waals surface area contributed by atoms with Gasteiger partial charge in [0.2, 0.25) is 0 Å². The van der Waals surface area contributed by atoms with Gasteiger partial charge in [0, 0.05) is 23.7 Å². The van der Waals surface area contributed by atoms with Crippen molar-refractivity contribution >= 4 is 29.1 Å². The predicted octanol–water partition coefficient (Wildman–Crippen LogP) is 6.73. The lowest BCUT2D eigenvalue weighted by molar-refractivity contribution is 0.0720. The first-order chi connectivity index (χ1) is 16.7. The van der Waals surface area contributed by atoms with E-state index in [1.165, 1.54) is 12.0 Å². The van der Waals surface area contributed by atoms with Gasteiger partial charge in [-0.05, 0) is 68.5 Å². The van der Waals surface area contributed by atoms with Crippen LogP contribution in [0.25, 0.3) is 16.9 Å². The Kier molecular flexibility index (Phi) is 6.32. The molecule has 0 bridgehead atoms. The number of carbonyl (C=O) groups excluding carboxylic acids is 1. The van der Waals surface area contributed by atoms with Crippen molar-refractivity contribution in [3.05, 3.63) is 63.3 Å². The molecule has 8 heteroatoms. The number of ether oxygens (including phenoxy) is 1. The minimum atomic E-state index is -0.788. The molecule has 2 aliphatic rings. The number of piperidine rings is 1. The monoisotopic (exact) mass is 512 g/mol. The SMILES string of the molecule is CC(C)c1ccc2c(c1)OC(C)(C)c1c(C(=O)NN3CCCCC3)nn(-c3ccc(Cl)cc3Cl)c1-2. The summed E-state index contributed by atoms with van der Waals surface area (Å²) < 4.78 is 8.28. The number of aromatic nitrogens is 2. The average Bonchev–Trinajstić information content (AvgIpc) is 3.21. The molecule has 1 saturated heterocycles. The lowest BCUT2D eigenvalue weighted by atomic mass is 9.87. The highest BCUT2D eigenvalue weighted by atomic mass is 35.5. The summed E-state index contributed by atoms with van der Waals surface area (Å²) in [7, 11) is 0. The number of fused-ring (bicyclic) bond motifs is 3. The van der Waals surface area contributed by atoms with Crippen LogP contribution in [0, 0.1) is 0 Å². The molecule has 1 N–H and O–H groups in total. The van der Waals surface area contributed by atoms with Crippen LogP contribution in [0.15, 0.2) is 36.4 Å². The maximum absolute atomic E-state index is 13.6. The summed E-state index contributed by atoms with van der Waals surface area (Å²) in [5.74, 6) is 0.878. The minimum Gasteiger partial charge on any atom is -0.482 e. The Hall–Kier alpha value is -2.54. The van der Waals surface area contributed by atoms with Crippen molar-refractivity contribution in [2.24, 2.45) is 0 Å². The van der Waals surface area contributed by atoms with Crippen LogP contribution in [0.3, 0.4) is 0 Å². The molecule has 5 rings (SSSR count). The van der Waals surface area contributed by atoms with E-state index >= 15 is 0 Å². The standard InChI is InChI=1S/C27H30Cl2N4O2/c1-16(2)17-8-10-19-22(14-17)35-27(3,4)23-24(26(34)31-32-12-6-5-7-13-32)30-33(25(19)23)21-11-9-18(28)15-20(21)29/h8-11,14-16H,5-7,12-13H2,1-4H3,(H,31,34). The number of hydrogen-bond donors (Lipinski definition) is 1. The Bertz CT molecular complexity index is 1290. The summed E-state index contributed by atoms with van der Waals surface area (Å²) in [6.07, 6.45) is 3.31. The van der Waals surface area contributed by atoms with Crippen LogP contribution >= 0.6 is 23.2 Å². The van der Waals surface area contributed by atoms with Crippen molar-refractivity contribution in [1.29, 1.82) is 0 Å². The molecule has 3 aromatic rings. The van der Waals surface area contributed by atoms with Gasteiger partial charge in [-0.15, -0.1) is 0 Å². The van der Waals surface area contributed by atoms with E-state index < -0.39 is 5.60 Å². The lowest BCUT2D eigenvalue weighted by Crippen LogP contribution is -2.46. The van der Waals surface area contributed by atoms with Gasteiger partial charge in [-0.25, -0.2) is 9.69 Å². The molecular formula is C27H30Cl2N4O2. The van der Waals surface area contributed by atoms with E-state index in [-0.39, 0.29) is 5.91 Å². The van der Waals surface area contributed by atoms with Crippen LogP contribution in [0.4, 0.5) is 0 Å². The maximum Gasteiger partial charge on any atom is 0.286 e. The summed E-state index contributed by atoms with van der Waals surface area (Å²) in [6, 6.07) is 11.5. The van der Waals surface area contributed by atoms with E-state index in [2.05, 4.69) is 31.4 Å². The molecule has 184 valence electrons. The summed E-state index contributed by atoms with van der Waals surface area (Å²) in [4.78, 5) is 13.6. The molecule has 1 fully saturated rings. The largest absolute Gasteiger partial charge is 0.482 e. The fourth-order valence-electron chi connectivity index (χ4n) is 4.93. The second kappa shape index (κ2) is 9.16. The number of halogens is 2. The summed E-state index contributed by atoms with van der Waals surface area (Å²) in [6.45, 7) is 9.93. The van der Waals surface area contributed by atoms with Crippen molar-refractivity contribution < 1.29 is 9.53 Å². The van der Waals surface area contributed by atoms with E-state index in [1.54, 1.807) is 16.8 Å². The summed E-state index contributed by atoms with van der Waals surface area (Å²) in [5.41, 5.74) is 6.87. The zero-order chi connectivity index (χ0) is 24.9. The first kappa shape index (κ1) is 24.2. The zero-order valence-electron chi connectivity index (χ0n) is 20.5. The molecule has 0 aliphatic carbocycles. The average molecular weight is 513 g/mol. The molecule has 1 amide bonds. The van der Waals surface area contributed by atoms with Gasteiger partial charge in [-0.3, -0.25) is 10.2 Å². The molecule has 0 unspecified atom stereocenters. The second-order valence-corrected chi connectivity index (χ2v) is 10.9. The van der Waals surface area contributed by atoms with E-state index in [0.717, 1.165) is 48.5 Å². The molecule has 0 saturated carbocycles. The quantitative estimate of drug-likeness (QED) is 0.421. The van der Waals surface area contributed by atoms with E-state index in [9.17, 15) is 4.79 Å². The fraction of sp³-hybridized carbons (Fsp3) is 0.407. The van der Waals surface area contributed by atoms with Gasteiger partial charge >= 0.3 is 0 Å². The molecule has 2 aliphatic heterocycles. The van der Waals surface area contributed by atoms with Crippen molar-refractivity contribution in [2.45, 2.75) is 58.5 Å². The number of amides is 1. The molecule has 1 aromatic heterocycles. The number of carbonyl (C=O) groups is 1. The Morgan fingerprint density at radius 2 is 1.83 bits per heavy atom. The molecule has 6 nitrogen and oxygen atoms in total.